The second kappa shape index (κ2) is 7.96. The van der Waals surface area contributed by atoms with Crippen LogP contribution in [0.4, 0.5) is 0 Å². The van der Waals surface area contributed by atoms with Gasteiger partial charge in [-0.05, 0) is 44.5 Å². The van der Waals surface area contributed by atoms with Crippen LogP contribution in [0.3, 0.4) is 0 Å². The van der Waals surface area contributed by atoms with Gasteiger partial charge < -0.3 is 24.1 Å². The van der Waals surface area contributed by atoms with Crippen molar-refractivity contribution in [2.24, 2.45) is 0 Å². The summed E-state index contributed by atoms with van der Waals surface area (Å²) in [7, 11) is 4.70. The molecule has 0 atom stereocenters. The van der Waals surface area contributed by atoms with Crippen LogP contribution in [0.5, 0.6) is 17.2 Å². The summed E-state index contributed by atoms with van der Waals surface area (Å²) in [5.41, 5.74) is 3.62. The van der Waals surface area contributed by atoms with E-state index in [1.807, 2.05) is 32.0 Å². The molecule has 0 radical (unpaired) electrons. The van der Waals surface area contributed by atoms with E-state index in [0.717, 1.165) is 23.5 Å². The normalized spacial score (nSPS) is 10.5. The van der Waals surface area contributed by atoms with Crippen LogP contribution >= 0.6 is 0 Å². The maximum atomic E-state index is 12.5. The second-order valence-electron chi connectivity index (χ2n) is 5.75. The summed E-state index contributed by atoms with van der Waals surface area (Å²) in [6, 6.07) is 5.58. The molecular formula is C19H26N2O4. The van der Waals surface area contributed by atoms with Gasteiger partial charge in [-0.15, -0.1) is 0 Å². The molecule has 1 aromatic heterocycles. The number of hydrogen-bond donors (Lipinski definition) is 1. The molecule has 0 aliphatic heterocycles. The maximum absolute atomic E-state index is 12.5. The van der Waals surface area contributed by atoms with Crippen molar-refractivity contribution in [2.45, 2.75) is 33.9 Å². The molecule has 0 aliphatic carbocycles. The van der Waals surface area contributed by atoms with Gasteiger partial charge >= 0.3 is 0 Å². The van der Waals surface area contributed by atoms with Gasteiger partial charge in [0.25, 0.3) is 5.91 Å². The van der Waals surface area contributed by atoms with E-state index in [2.05, 4.69) is 16.8 Å². The number of nitrogens with one attached hydrogen (secondary N) is 1. The van der Waals surface area contributed by atoms with Crippen LogP contribution in [-0.2, 0) is 13.1 Å². The Bertz CT molecular complexity index is 740. The minimum absolute atomic E-state index is 0.0958. The maximum Gasteiger partial charge on any atom is 0.253 e. The highest BCUT2D eigenvalue weighted by Crippen LogP contribution is 2.38. The summed E-state index contributed by atoms with van der Waals surface area (Å²) >= 11 is 0. The molecule has 0 saturated heterocycles. The number of hydrogen-bond acceptors (Lipinski definition) is 4. The number of carbonyl (C=O) groups excluding carboxylic acids is 1. The zero-order valence-electron chi connectivity index (χ0n) is 15.7. The van der Waals surface area contributed by atoms with Crippen LogP contribution in [0.15, 0.2) is 18.2 Å². The molecule has 25 heavy (non-hydrogen) atoms. The standard InChI is InChI=1S/C19H26N2O4/c1-7-21-12(2)8-15(13(21)3)19(22)20-11-14-9-16(23-4)18(25-6)17(10-14)24-5/h8-10H,7,11H2,1-6H3,(H,20,22). The number of ether oxygens (including phenoxy) is 3. The van der Waals surface area contributed by atoms with Crippen molar-refractivity contribution >= 4 is 5.91 Å². The number of benzene rings is 1. The monoisotopic (exact) mass is 346 g/mol. The molecule has 1 heterocycles. The third-order valence-corrected chi connectivity index (χ3v) is 4.31. The molecule has 6 nitrogen and oxygen atoms in total. The minimum Gasteiger partial charge on any atom is -0.493 e. The predicted octanol–water partition coefficient (Wildman–Crippen LogP) is 3.08. The van der Waals surface area contributed by atoms with Gasteiger partial charge in [0, 0.05) is 24.5 Å². The van der Waals surface area contributed by atoms with E-state index in [-0.39, 0.29) is 5.91 Å². The first-order valence-corrected chi connectivity index (χ1v) is 8.20. The summed E-state index contributed by atoms with van der Waals surface area (Å²) in [6.45, 7) is 7.25. The SMILES string of the molecule is CCn1c(C)cc(C(=O)NCc2cc(OC)c(OC)c(OC)c2)c1C. The van der Waals surface area contributed by atoms with Crippen molar-refractivity contribution in [1.82, 2.24) is 9.88 Å². The highest BCUT2D eigenvalue weighted by molar-refractivity contribution is 5.95. The number of methoxy groups -OCH3 is 3. The quantitative estimate of drug-likeness (QED) is 0.837. The summed E-state index contributed by atoms with van der Waals surface area (Å²) in [4.78, 5) is 12.5. The Hall–Kier alpha value is -2.63. The average molecular weight is 346 g/mol. The van der Waals surface area contributed by atoms with Crippen LogP contribution < -0.4 is 19.5 Å². The van der Waals surface area contributed by atoms with Gasteiger partial charge in [-0.25, -0.2) is 0 Å². The Morgan fingerprint density at radius 2 is 1.64 bits per heavy atom. The fourth-order valence-electron chi connectivity index (χ4n) is 3.03. The van der Waals surface area contributed by atoms with E-state index >= 15 is 0 Å². The minimum atomic E-state index is -0.0958. The smallest absolute Gasteiger partial charge is 0.253 e. The first-order valence-electron chi connectivity index (χ1n) is 8.20. The number of rotatable bonds is 7. The van der Waals surface area contributed by atoms with Crippen LogP contribution in [0.1, 0.15) is 34.2 Å². The zero-order chi connectivity index (χ0) is 18.6. The molecule has 1 aromatic carbocycles. The number of amides is 1. The van der Waals surface area contributed by atoms with Gasteiger partial charge in [0.1, 0.15) is 0 Å². The summed E-state index contributed by atoms with van der Waals surface area (Å²) in [5, 5.41) is 2.96. The molecular weight excluding hydrogens is 320 g/mol. The lowest BCUT2D eigenvalue weighted by atomic mass is 10.1. The van der Waals surface area contributed by atoms with Crippen LogP contribution in [-0.4, -0.2) is 31.8 Å². The van der Waals surface area contributed by atoms with Gasteiger partial charge in [0.2, 0.25) is 5.75 Å². The molecule has 1 amide bonds. The Morgan fingerprint density at radius 3 is 2.08 bits per heavy atom. The molecule has 0 aliphatic rings. The van der Waals surface area contributed by atoms with Gasteiger partial charge in [-0.1, -0.05) is 0 Å². The molecule has 1 N–H and O–H groups in total. The molecule has 0 unspecified atom stereocenters. The predicted molar refractivity (Wildman–Crippen MR) is 96.8 cm³/mol. The lowest BCUT2D eigenvalue weighted by Gasteiger charge is -2.14. The third-order valence-electron chi connectivity index (χ3n) is 4.31. The van der Waals surface area contributed by atoms with Crippen molar-refractivity contribution in [2.75, 3.05) is 21.3 Å². The van der Waals surface area contributed by atoms with Crippen molar-refractivity contribution < 1.29 is 19.0 Å². The van der Waals surface area contributed by atoms with Crippen molar-refractivity contribution in [3.63, 3.8) is 0 Å². The summed E-state index contributed by atoms with van der Waals surface area (Å²) < 4.78 is 18.1. The molecule has 136 valence electrons. The third kappa shape index (κ3) is 3.73. The molecule has 0 spiro atoms. The number of aromatic nitrogens is 1. The van der Waals surface area contributed by atoms with Gasteiger partial charge in [0.15, 0.2) is 11.5 Å². The molecule has 2 aromatic rings. The van der Waals surface area contributed by atoms with Gasteiger partial charge in [-0.2, -0.15) is 0 Å². The number of nitrogens with zero attached hydrogens (tertiary/aromatic N) is 1. The summed E-state index contributed by atoms with van der Waals surface area (Å²) in [6.07, 6.45) is 0. The highest BCUT2D eigenvalue weighted by atomic mass is 16.5. The van der Waals surface area contributed by atoms with Gasteiger partial charge in [0.05, 0.1) is 26.9 Å². The molecule has 6 heteroatoms. The Kier molecular flexibility index (Phi) is 5.96. The molecule has 0 bridgehead atoms. The largest absolute Gasteiger partial charge is 0.493 e. The zero-order valence-corrected chi connectivity index (χ0v) is 15.7. The van der Waals surface area contributed by atoms with E-state index in [1.165, 1.54) is 0 Å². The average Bonchev–Trinajstić information content (AvgIpc) is 2.92. The molecule has 0 saturated carbocycles. The first-order chi connectivity index (χ1) is 12.0. The second-order valence-corrected chi connectivity index (χ2v) is 5.75. The highest BCUT2D eigenvalue weighted by Gasteiger charge is 2.16. The summed E-state index contributed by atoms with van der Waals surface area (Å²) in [5.74, 6) is 1.57. The van der Waals surface area contributed by atoms with E-state index in [0.29, 0.717) is 29.4 Å². The van der Waals surface area contributed by atoms with E-state index in [1.54, 1.807) is 21.3 Å². The fourth-order valence-corrected chi connectivity index (χ4v) is 3.03. The van der Waals surface area contributed by atoms with Crippen molar-refractivity contribution in [3.05, 3.63) is 40.7 Å². The number of aryl methyl sites for hydroxylation is 1. The van der Waals surface area contributed by atoms with E-state index in [9.17, 15) is 4.79 Å². The molecule has 0 fully saturated rings. The Balaban J connectivity index is 2.20. The van der Waals surface area contributed by atoms with Gasteiger partial charge in [-0.3, -0.25) is 4.79 Å². The Labute approximate surface area is 148 Å². The molecule has 2 rings (SSSR count). The topological polar surface area (TPSA) is 61.7 Å². The van der Waals surface area contributed by atoms with E-state index < -0.39 is 0 Å². The van der Waals surface area contributed by atoms with Crippen molar-refractivity contribution in [3.8, 4) is 17.2 Å². The Morgan fingerprint density at radius 1 is 1.04 bits per heavy atom. The van der Waals surface area contributed by atoms with Crippen LogP contribution in [0.25, 0.3) is 0 Å². The van der Waals surface area contributed by atoms with Crippen LogP contribution in [0.2, 0.25) is 0 Å². The fraction of sp³-hybridized carbons (Fsp3) is 0.421. The number of carbonyl (C=O) groups is 1. The first kappa shape index (κ1) is 18.7. The van der Waals surface area contributed by atoms with Crippen molar-refractivity contribution in [1.29, 1.82) is 0 Å². The lowest BCUT2D eigenvalue weighted by Crippen LogP contribution is -2.23. The lowest BCUT2D eigenvalue weighted by molar-refractivity contribution is 0.0950. The van der Waals surface area contributed by atoms with E-state index in [4.69, 9.17) is 14.2 Å². The van der Waals surface area contributed by atoms with Crippen LogP contribution in [0, 0.1) is 13.8 Å².